The molecule has 0 saturated carbocycles. The summed E-state index contributed by atoms with van der Waals surface area (Å²) in [5.41, 5.74) is 0.614. The van der Waals surface area contributed by atoms with E-state index in [0.29, 0.717) is 24.5 Å². The van der Waals surface area contributed by atoms with Crippen molar-refractivity contribution in [3.05, 3.63) is 59.5 Å². The minimum Gasteiger partial charge on any atom is -0.366 e. The molecule has 3 rings (SSSR count). The van der Waals surface area contributed by atoms with Gasteiger partial charge >= 0.3 is 0 Å². The van der Waals surface area contributed by atoms with Crippen LogP contribution in [0.15, 0.2) is 42.6 Å². The Hall–Kier alpha value is -2.94. The number of carbonyl (C=O) groups excluding carboxylic acids is 1. The monoisotopic (exact) mass is 324 g/mol. The third-order valence-corrected chi connectivity index (χ3v) is 4.16. The van der Waals surface area contributed by atoms with Crippen LogP contribution in [0.3, 0.4) is 0 Å². The summed E-state index contributed by atoms with van der Waals surface area (Å²) in [6.45, 7) is 1.08. The minimum atomic E-state index is -0.491. The maximum absolute atomic E-state index is 13.7. The third-order valence-electron chi connectivity index (χ3n) is 4.16. The number of pyridine rings is 1. The molecule has 0 atom stereocenters. The average Bonchev–Trinajstić information content (AvgIpc) is 2.63. The van der Waals surface area contributed by atoms with Gasteiger partial charge in [-0.1, -0.05) is 12.1 Å². The van der Waals surface area contributed by atoms with Gasteiger partial charge < -0.3 is 10.2 Å². The van der Waals surface area contributed by atoms with Crippen LogP contribution in [0.2, 0.25) is 0 Å². The van der Waals surface area contributed by atoms with Gasteiger partial charge in [0.15, 0.2) is 0 Å². The first-order chi connectivity index (χ1) is 11.7. The second kappa shape index (κ2) is 7.09. The lowest BCUT2D eigenvalue weighted by Crippen LogP contribution is -2.42. The van der Waals surface area contributed by atoms with Gasteiger partial charge in [-0.2, -0.15) is 5.26 Å². The first-order valence-electron chi connectivity index (χ1n) is 7.84. The zero-order valence-electron chi connectivity index (χ0n) is 13.1. The molecule has 1 aliphatic rings. The SMILES string of the molecule is N#Cc1cccnc1NC1CCN(C(=O)c2ccccc2F)CC1. The van der Waals surface area contributed by atoms with E-state index >= 15 is 0 Å². The van der Waals surface area contributed by atoms with Crippen LogP contribution >= 0.6 is 0 Å². The smallest absolute Gasteiger partial charge is 0.256 e. The minimum absolute atomic E-state index is 0.111. The molecule has 2 aromatic rings. The summed E-state index contributed by atoms with van der Waals surface area (Å²) in [4.78, 5) is 18.3. The molecule has 5 nitrogen and oxygen atoms in total. The highest BCUT2D eigenvalue weighted by Gasteiger charge is 2.25. The number of carbonyl (C=O) groups is 1. The number of likely N-dealkylation sites (tertiary alicyclic amines) is 1. The Kier molecular flexibility index (Phi) is 4.71. The van der Waals surface area contributed by atoms with Gasteiger partial charge in [-0.25, -0.2) is 9.37 Å². The number of benzene rings is 1. The summed E-state index contributed by atoms with van der Waals surface area (Å²) in [7, 11) is 0. The van der Waals surface area contributed by atoms with Gasteiger partial charge in [0.05, 0.1) is 11.1 Å². The first-order valence-corrected chi connectivity index (χ1v) is 7.84. The van der Waals surface area contributed by atoms with E-state index in [-0.39, 0.29) is 17.5 Å². The number of piperidine rings is 1. The summed E-state index contributed by atoms with van der Waals surface area (Å²) in [5, 5.41) is 12.4. The van der Waals surface area contributed by atoms with Crippen molar-refractivity contribution in [1.82, 2.24) is 9.88 Å². The summed E-state index contributed by atoms with van der Waals surface area (Å²) in [6, 6.07) is 11.7. The quantitative estimate of drug-likeness (QED) is 0.942. The highest BCUT2D eigenvalue weighted by molar-refractivity contribution is 5.94. The van der Waals surface area contributed by atoms with E-state index in [1.54, 1.807) is 35.4 Å². The summed E-state index contributed by atoms with van der Waals surface area (Å²) in [6.07, 6.45) is 3.09. The molecule has 2 heterocycles. The van der Waals surface area contributed by atoms with Gasteiger partial charge in [0.1, 0.15) is 17.7 Å². The number of halogens is 1. The van der Waals surface area contributed by atoms with Crippen LogP contribution in [0, 0.1) is 17.1 Å². The summed E-state index contributed by atoms with van der Waals surface area (Å²) >= 11 is 0. The standard InChI is InChI=1S/C18H17FN4O/c19-16-6-2-1-5-15(16)18(24)23-10-7-14(8-11-23)22-17-13(12-20)4-3-9-21-17/h1-6,9,14H,7-8,10-11H2,(H,21,22). The van der Waals surface area contributed by atoms with Crippen molar-refractivity contribution in [2.75, 3.05) is 18.4 Å². The molecular formula is C18H17FN4O. The van der Waals surface area contributed by atoms with Crippen LogP contribution < -0.4 is 5.32 Å². The number of nitriles is 1. The van der Waals surface area contributed by atoms with Crippen molar-refractivity contribution >= 4 is 11.7 Å². The number of rotatable bonds is 3. The Morgan fingerprint density at radius 1 is 1.25 bits per heavy atom. The van der Waals surface area contributed by atoms with Crippen molar-refractivity contribution in [3.63, 3.8) is 0 Å². The lowest BCUT2D eigenvalue weighted by atomic mass is 10.0. The van der Waals surface area contributed by atoms with Crippen LogP contribution in [0.1, 0.15) is 28.8 Å². The highest BCUT2D eigenvalue weighted by atomic mass is 19.1. The molecule has 0 aliphatic carbocycles. The van der Waals surface area contributed by atoms with E-state index in [4.69, 9.17) is 5.26 Å². The molecule has 1 amide bonds. The summed E-state index contributed by atoms with van der Waals surface area (Å²) in [5.74, 6) is -0.198. The second-order valence-electron chi connectivity index (χ2n) is 5.70. The third kappa shape index (κ3) is 3.35. The molecular weight excluding hydrogens is 307 g/mol. The van der Waals surface area contributed by atoms with Crippen LogP contribution in [0.4, 0.5) is 10.2 Å². The van der Waals surface area contributed by atoms with Gasteiger partial charge in [0, 0.05) is 25.3 Å². The average molecular weight is 324 g/mol. The predicted molar refractivity (Wildman–Crippen MR) is 87.9 cm³/mol. The predicted octanol–water partition coefficient (Wildman–Crippen LogP) is 2.81. The Balaban J connectivity index is 1.61. The Bertz CT molecular complexity index is 779. The van der Waals surface area contributed by atoms with Gasteiger partial charge in [-0.15, -0.1) is 0 Å². The molecule has 24 heavy (non-hydrogen) atoms. The van der Waals surface area contributed by atoms with Crippen LogP contribution in [0.5, 0.6) is 0 Å². The maximum Gasteiger partial charge on any atom is 0.256 e. The van der Waals surface area contributed by atoms with Crippen molar-refractivity contribution in [1.29, 1.82) is 5.26 Å². The van der Waals surface area contributed by atoms with Crippen molar-refractivity contribution in [2.24, 2.45) is 0 Å². The fourth-order valence-corrected chi connectivity index (χ4v) is 2.84. The van der Waals surface area contributed by atoms with Gasteiger partial charge in [0.25, 0.3) is 5.91 Å². The fourth-order valence-electron chi connectivity index (χ4n) is 2.84. The first kappa shape index (κ1) is 15.9. The van der Waals surface area contributed by atoms with Crippen LogP contribution in [-0.2, 0) is 0 Å². The zero-order valence-corrected chi connectivity index (χ0v) is 13.1. The molecule has 0 bridgehead atoms. The fraction of sp³-hybridized carbons (Fsp3) is 0.278. The topological polar surface area (TPSA) is 69.0 Å². The molecule has 1 N–H and O–H groups in total. The van der Waals surface area contributed by atoms with Gasteiger partial charge in [-0.05, 0) is 37.1 Å². The van der Waals surface area contributed by atoms with Crippen LogP contribution in [-0.4, -0.2) is 34.9 Å². The summed E-state index contributed by atoms with van der Waals surface area (Å²) < 4.78 is 13.7. The molecule has 122 valence electrons. The van der Waals surface area contributed by atoms with Gasteiger partial charge in [-0.3, -0.25) is 4.79 Å². The molecule has 1 fully saturated rings. The largest absolute Gasteiger partial charge is 0.366 e. The van der Waals surface area contributed by atoms with E-state index in [1.165, 1.54) is 12.1 Å². The molecule has 0 unspecified atom stereocenters. The normalized spacial score (nSPS) is 14.9. The van der Waals surface area contributed by atoms with Crippen LogP contribution in [0.25, 0.3) is 0 Å². The maximum atomic E-state index is 13.7. The molecule has 0 radical (unpaired) electrons. The Morgan fingerprint density at radius 3 is 2.71 bits per heavy atom. The second-order valence-corrected chi connectivity index (χ2v) is 5.70. The Labute approximate surface area is 139 Å². The lowest BCUT2D eigenvalue weighted by Gasteiger charge is -2.32. The molecule has 6 heteroatoms. The number of hydrogen-bond donors (Lipinski definition) is 1. The highest BCUT2D eigenvalue weighted by Crippen LogP contribution is 2.20. The van der Waals surface area contributed by atoms with E-state index in [0.717, 1.165) is 12.8 Å². The number of anilines is 1. The van der Waals surface area contributed by atoms with Gasteiger partial charge in [0.2, 0.25) is 0 Å². The van der Waals surface area contributed by atoms with E-state index in [9.17, 15) is 9.18 Å². The van der Waals surface area contributed by atoms with Crippen molar-refractivity contribution in [3.8, 4) is 6.07 Å². The molecule has 1 aliphatic heterocycles. The number of aromatic nitrogens is 1. The van der Waals surface area contributed by atoms with Crippen molar-refractivity contribution in [2.45, 2.75) is 18.9 Å². The van der Waals surface area contributed by atoms with E-state index < -0.39 is 5.82 Å². The zero-order chi connectivity index (χ0) is 16.9. The van der Waals surface area contributed by atoms with E-state index in [2.05, 4.69) is 16.4 Å². The molecule has 1 aromatic heterocycles. The number of hydrogen-bond acceptors (Lipinski definition) is 4. The van der Waals surface area contributed by atoms with Crippen molar-refractivity contribution < 1.29 is 9.18 Å². The number of nitrogens with zero attached hydrogens (tertiary/aromatic N) is 3. The Morgan fingerprint density at radius 2 is 2.00 bits per heavy atom. The van der Waals surface area contributed by atoms with E-state index in [1.807, 2.05) is 0 Å². The number of amides is 1. The molecule has 1 saturated heterocycles. The molecule has 1 aromatic carbocycles. The lowest BCUT2D eigenvalue weighted by molar-refractivity contribution is 0.0713. The number of nitrogens with one attached hydrogen (secondary N) is 1. The molecule has 0 spiro atoms.